The van der Waals surface area contributed by atoms with E-state index in [2.05, 4.69) is 5.32 Å². The van der Waals surface area contributed by atoms with E-state index < -0.39 is 50.1 Å². The number of carbonyl (C=O) groups excluding carboxylic acids is 1. The lowest BCUT2D eigenvalue weighted by molar-refractivity contribution is -0.137. The van der Waals surface area contributed by atoms with E-state index in [1.54, 1.807) is 0 Å². The van der Waals surface area contributed by atoms with Crippen LogP contribution in [0.15, 0.2) is 23.1 Å². The number of sulfone groups is 1. The molecule has 2 rings (SSSR count). The fourth-order valence-corrected chi connectivity index (χ4v) is 6.44. The molecule has 1 aromatic carbocycles. The molecule has 27 heavy (non-hydrogen) atoms. The quantitative estimate of drug-likeness (QED) is 0.622. The van der Waals surface area contributed by atoms with E-state index in [0.717, 1.165) is 6.07 Å². The molecule has 150 valence electrons. The lowest BCUT2D eigenvalue weighted by atomic mass is 10.2. The number of rotatable bonds is 7. The summed E-state index contributed by atoms with van der Waals surface area (Å²) in [5.41, 5.74) is 0.177. The predicted molar refractivity (Wildman–Crippen MR) is 95.9 cm³/mol. The Morgan fingerprint density at radius 1 is 1.37 bits per heavy atom. The zero-order valence-electron chi connectivity index (χ0n) is 14.7. The van der Waals surface area contributed by atoms with Crippen molar-refractivity contribution in [3.8, 4) is 5.75 Å². The van der Waals surface area contributed by atoms with Crippen LogP contribution in [-0.4, -0.2) is 69.3 Å². The Bertz CT molecular complexity index is 956. The first-order valence-electron chi connectivity index (χ1n) is 7.86. The summed E-state index contributed by atoms with van der Waals surface area (Å²) in [7, 11) is -6.62. The summed E-state index contributed by atoms with van der Waals surface area (Å²) in [5.74, 6) is -2.56. The number of benzene rings is 1. The summed E-state index contributed by atoms with van der Waals surface area (Å²) in [6, 6.07) is 2.90. The van der Waals surface area contributed by atoms with E-state index in [9.17, 15) is 26.4 Å². The fraction of sp³-hybridized carbons (Fsp3) is 0.467. The van der Waals surface area contributed by atoms with Gasteiger partial charge in [-0.25, -0.2) is 16.8 Å². The molecule has 12 heteroatoms. The molecular formula is C15H20N2O8S2. The monoisotopic (exact) mass is 420 g/mol. The van der Waals surface area contributed by atoms with Gasteiger partial charge >= 0.3 is 5.97 Å². The molecule has 1 amide bonds. The van der Waals surface area contributed by atoms with Crippen LogP contribution in [0.5, 0.6) is 5.75 Å². The van der Waals surface area contributed by atoms with Crippen molar-refractivity contribution in [1.29, 1.82) is 0 Å². The van der Waals surface area contributed by atoms with Gasteiger partial charge in [0.15, 0.2) is 9.84 Å². The van der Waals surface area contributed by atoms with Crippen molar-refractivity contribution in [2.24, 2.45) is 0 Å². The van der Waals surface area contributed by atoms with E-state index in [1.807, 2.05) is 0 Å². The number of carboxylic acids is 1. The highest BCUT2D eigenvalue weighted by Gasteiger charge is 2.41. The van der Waals surface area contributed by atoms with Gasteiger partial charge < -0.3 is 15.2 Å². The summed E-state index contributed by atoms with van der Waals surface area (Å²) in [4.78, 5) is 22.1. The lowest BCUT2D eigenvalue weighted by Gasteiger charge is -2.26. The molecule has 1 saturated heterocycles. The van der Waals surface area contributed by atoms with Gasteiger partial charge in [0.25, 0.3) is 0 Å². The van der Waals surface area contributed by atoms with Gasteiger partial charge in [0, 0.05) is 18.7 Å². The maximum Gasteiger partial charge on any atom is 0.318 e. The number of hydrogen-bond donors (Lipinski definition) is 2. The second-order valence-electron chi connectivity index (χ2n) is 6.05. The van der Waals surface area contributed by atoms with Crippen LogP contribution in [0.2, 0.25) is 0 Å². The molecule has 1 atom stereocenters. The average molecular weight is 420 g/mol. The highest BCUT2D eigenvalue weighted by molar-refractivity contribution is 7.92. The third-order valence-electron chi connectivity index (χ3n) is 3.98. The van der Waals surface area contributed by atoms with E-state index >= 15 is 0 Å². The first kappa shape index (κ1) is 21.1. The van der Waals surface area contributed by atoms with Crippen molar-refractivity contribution in [2.45, 2.75) is 24.3 Å². The third kappa shape index (κ3) is 4.96. The van der Waals surface area contributed by atoms with Crippen LogP contribution in [0, 0.1) is 0 Å². The predicted octanol–water partition coefficient (Wildman–Crippen LogP) is -0.0840. The number of amides is 1. The summed E-state index contributed by atoms with van der Waals surface area (Å²) >= 11 is 0. The number of nitrogens with one attached hydrogen (secondary N) is 1. The minimum Gasteiger partial charge on any atom is -0.495 e. The van der Waals surface area contributed by atoms with Crippen molar-refractivity contribution < 1.29 is 36.3 Å². The number of nitrogens with zero attached hydrogens (tertiary/aromatic N) is 1. The Labute approximate surface area is 157 Å². The molecule has 0 spiro atoms. The van der Waals surface area contributed by atoms with Crippen molar-refractivity contribution in [3.63, 3.8) is 0 Å². The van der Waals surface area contributed by atoms with E-state index in [0.29, 0.717) is 4.31 Å². The second kappa shape index (κ2) is 7.82. The first-order chi connectivity index (χ1) is 12.5. The molecule has 0 radical (unpaired) electrons. The number of aliphatic carboxylic acids is 1. The Hall–Kier alpha value is -2.18. The molecule has 1 aliphatic rings. The van der Waals surface area contributed by atoms with Crippen LogP contribution in [-0.2, 0) is 29.4 Å². The molecule has 0 aliphatic carbocycles. The number of methoxy groups -OCH3 is 1. The molecule has 1 heterocycles. The largest absolute Gasteiger partial charge is 0.495 e. The van der Waals surface area contributed by atoms with E-state index in [-0.39, 0.29) is 28.5 Å². The van der Waals surface area contributed by atoms with Crippen LogP contribution in [0.4, 0.5) is 5.69 Å². The van der Waals surface area contributed by atoms with Crippen LogP contribution in [0.1, 0.15) is 13.3 Å². The second-order valence-corrected chi connectivity index (χ2v) is 10.1. The molecule has 1 aliphatic heterocycles. The SMILES string of the molecule is COc1ccc(NC(C)=O)cc1S(=O)(=O)N(CC(=O)O)[C@@H]1CCS(=O)(=O)C1. The van der Waals surface area contributed by atoms with Gasteiger partial charge in [-0.15, -0.1) is 0 Å². The molecule has 10 nitrogen and oxygen atoms in total. The van der Waals surface area contributed by atoms with Crippen molar-refractivity contribution >= 4 is 37.4 Å². The standard InChI is InChI=1S/C15H20N2O8S2/c1-10(18)16-11-3-4-13(25-2)14(7-11)27(23,24)17(8-15(19)20)12-5-6-26(21,22)9-12/h3-4,7,12H,5-6,8-9H2,1-2H3,(H,16,18)(H,19,20)/t12-/m1/s1. The molecule has 0 saturated carbocycles. The van der Waals surface area contributed by atoms with Crippen LogP contribution in [0.25, 0.3) is 0 Å². The Morgan fingerprint density at radius 3 is 2.52 bits per heavy atom. The molecule has 2 N–H and O–H groups in total. The smallest absolute Gasteiger partial charge is 0.318 e. The zero-order valence-corrected chi connectivity index (χ0v) is 16.3. The minimum atomic E-state index is -4.42. The van der Waals surface area contributed by atoms with Gasteiger partial charge in [-0.2, -0.15) is 4.31 Å². The Kier molecular flexibility index (Phi) is 6.12. The maximum atomic E-state index is 13.2. The Morgan fingerprint density at radius 2 is 2.04 bits per heavy atom. The number of ether oxygens (including phenoxy) is 1. The summed E-state index contributed by atoms with van der Waals surface area (Å²) in [6.07, 6.45) is 0.00253. The van der Waals surface area contributed by atoms with Crippen molar-refractivity contribution in [3.05, 3.63) is 18.2 Å². The van der Waals surface area contributed by atoms with Gasteiger partial charge in [0.1, 0.15) is 17.2 Å². The zero-order chi connectivity index (χ0) is 20.4. The first-order valence-corrected chi connectivity index (χ1v) is 11.1. The number of sulfonamides is 1. The molecule has 0 unspecified atom stereocenters. The van der Waals surface area contributed by atoms with Crippen molar-refractivity contribution in [2.75, 3.05) is 30.5 Å². The fourth-order valence-electron chi connectivity index (χ4n) is 2.83. The summed E-state index contributed by atoms with van der Waals surface area (Å²) in [6.45, 7) is 0.356. The molecule has 0 aromatic heterocycles. The van der Waals surface area contributed by atoms with E-state index in [1.165, 1.54) is 26.2 Å². The van der Waals surface area contributed by atoms with Gasteiger partial charge in [-0.3, -0.25) is 9.59 Å². The lowest BCUT2D eigenvalue weighted by Crippen LogP contribution is -2.44. The van der Waals surface area contributed by atoms with Gasteiger partial charge in [-0.1, -0.05) is 0 Å². The Balaban J connectivity index is 2.54. The maximum absolute atomic E-state index is 13.2. The third-order valence-corrected chi connectivity index (χ3v) is 7.65. The average Bonchev–Trinajstić information content (AvgIpc) is 2.91. The van der Waals surface area contributed by atoms with Gasteiger partial charge in [0.05, 0.1) is 18.6 Å². The number of carbonyl (C=O) groups is 2. The number of carboxylic acid groups (broad SMARTS) is 1. The van der Waals surface area contributed by atoms with Gasteiger partial charge in [0.2, 0.25) is 15.9 Å². The highest BCUT2D eigenvalue weighted by atomic mass is 32.2. The van der Waals surface area contributed by atoms with E-state index in [4.69, 9.17) is 9.84 Å². The molecular weight excluding hydrogens is 400 g/mol. The number of hydrogen-bond acceptors (Lipinski definition) is 7. The molecule has 1 fully saturated rings. The summed E-state index contributed by atoms with van der Waals surface area (Å²) in [5, 5.41) is 11.6. The molecule has 0 bridgehead atoms. The van der Waals surface area contributed by atoms with Crippen LogP contribution in [0.3, 0.4) is 0 Å². The normalized spacial score (nSPS) is 19.0. The van der Waals surface area contributed by atoms with Crippen LogP contribution >= 0.6 is 0 Å². The van der Waals surface area contributed by atoms with Crippen LogP contribution < -0.4 is 10.1 Å². The number of anilines is 1. The van der Waals surface area contributed by atoms with Gasteiger partial charge in [-0.05, 0) is 24.6 Å². The molecule has 1 aromatic rings. The van der Waals surface area contributed by atoms with Crippen molar-refractivity contribution in [1.82, 2.24) is 4.31 Å². The minimum absolute atomic E-state index is 0.00253. The highest BCUT2D eigenvalue weighted by Crippen LogP contribution is 2.32. The topological polar surface area (TPSA) is 147 Å². The summed E-state index contributed by atoms with van der Waals surface area (Å²) < 4.78 is 55.5.